The first kappa shape index (κ1) is 16.4. The second-order valence-electron chi connectivity index (χ2n) is 5.95. The molecule has 1 heterocycles. The Hall–Kier alpha value is -0.930. The van der Waals surface area contributed by atoms with Gasteiger partial charge in [-0.1, -0.05) is 13.0 Å². The topological polar surface area (TPSA) is 34.1 Å². The molecule has 2 unspecified atom stereocenters. The molecule has 1 aliphatic carbocycles. The number of aromatic nitrogens is 1. The van der Waals surface area contributed by atoms with Gasteiger partial charge in [0.1, 0.15) is 0 Å². The Bertz CT molecular complexity index is 408. The molecular weight excluding hydrogens is 260 g/mol. The van der Waals surface area contributed by atoms with E-state index >= 15 is 0 Å². The summed E-state index contributed by atoms with van der Waals surface area (Å²) in [5.41, 5.74) is 2.80. The molecule has 118 valence electrons. The van der Waals surface area contributed by atoms with Crippen LogP contribution in [0.5, 0.6) is 0 Å². The highest BCUT2D eigenvalue weighted by atomic mass is 16.5. The fourth-order valence-corrected chi connectivity index (χ4v) is 3.36. The second-order valence-corrected chi connectivity index (χ2v) is 5.95. The van der Waals surface area contributed by atoms with E-state index in [-0.39, 0.29) is 0 Å². The minimum Gasteiger partial charge on any atom is -0.382 e. The Morgan fingerprint density at radius 1 is 1.43 bits per heavy atom. The third-order valence-electron chi connectivity index (χ3n) is 4.39. The Morgan fingerprint density at radius 3 is 3.14 bits per heavy atom. The SMILES string of the molecule is CCCNC(CCCOCC)C1CCCc2cccnc21. The molecule has 2 rings (SSSR count). The molecule has 0 bridgehead atoms. The first-order valence-electron chi connectivity index (χ1n) is 8.61. The molecule has 0 aliphatic heterocycles. The van der Waals surface area contributed by atoms with Crippen molar-refractivity contribution in [2.75, 3.05) is 19.8 Å². The van der Waals surface area contributed by atoms with Crippen molar-refractivity contribution in [3.63, 3.8) is 0 Å². The maximum absolute atomic E-state index is 5.50. The lowest BCUT2D eigenvalue weighted by Crippen LogP contribution is -2.37. The van der Waals surface area contributed by atoms with E-state index in [9.17, 15) is 0 Å². The van der Waals surface area contributed by atoms with Crippen LogP contribution in [0.15, 0.2) is 18.3 Å². The van der Waals surface area contributed by atoms with Crippen LogP contribution in [0.1, 0.15) is 63.1 Å². The number of aryl methyl sites for hydroxylation is 1. The Balaban J connectivity index is 2.02. The Morgan fingerprint density at radius 2 is 2.33 bits per heavy atom. The van der Waals surface area contributed by atoms with Crippen LogP contribution in [-0.4, -0.2) is 30.8 Å². The highest BCUT2D eigenvalue weighted by Gasteiger charge is 2.28. The van der Waals surface area contributed by atoms with E-state index < -0.39 is 0 Å². The van der Waals surface area contributed by atoms with Gasteiger partial charge in [0.25, 0.3) is 0 Å². The minimum atomic E-state index is 0.541. The molecule has 1 N–H and O–H groups in total. The molecule has 3 heteroatoms. The molecule has 1 aromatic heterocycles. The predicted molar refractivity (Wildman–Crippen MR) is 87.7 cm³/mol. The highest BCUT2D eigenvalue weighted by molar-refractivity contribution is 5.27. The predicted octanol–water partition coefficient (Wildman–Crippen LogP) is 3.69. The molecule has 21 heavy (non-hydrogen) atoms. The van der Waals surface area contributed by atoms with Crippen LogP contribution in [0, 0.1) is 0 Å². The maximum atomic E-state index is 5.50. The fourth-order valence-electron chi connectivity index (χ4n) is 3.36. The number of ether oxygens (including phenoxy) is 1. The van der Waals surface area contributed by atoms with Crippen LogP contribution in [-0.2, 0) is 11.2 Å². The van der Waals surface area contributed by atoms with Crippen molar-refractivity contribution in [3.05, 3.63) is 29.6 Å². The van der Waals surface area contributed by atoms with Crippen LogP contribution >= 0.6 is 0 Å². The Labute approximate surface area is 129 Å². The molecule has 0 aromatic carbocycles. The number of nitrogens with one attached hydrogen (secondary N) is 1. The van der Waals surface area contributed by atoms with Crippen LogP contribution in [0.2, 0.25) is 0 Å². The highest BCUT2D eigenvalue weighted by Crippen LogP contribution is 2.33. The van der Waals surface area contributed by atoms with Gasteiger partial charge in [-0.25, -0.2) is 0 Å². The van der Waals surface area contributed by atoms with Gasteiger partial charge in [0, 0.05) is 37.1 Å². The molecule has 2 atom stereocenters. The van der Waals surface area contributed by atoms with E-state index in [4.69, 9.17) is 9.72 Å². The van der Waals surface area contributed by atoms with Crippen LogP contribution in [0.25, 0.3) is 0 Å². The summed E-state index contributed by atoms with van der Waals surface area (Å²) in [6, 6.07) is 4.87. The van der Waals surface area contributed by atoms with Crippen LogP contribution in [0.4, 0.5) is 0 Å². The first-order valence-corrected chi connectivity index (χ1v) is 8.61. The van der Waals surface area contributed by atoms with Crippen molar-refractivity contribution >= 4 is 0 Å². The summed E-state index contributed by atoms with van der Waals surface area (Å²) in [5.74, 6) is 0.572. The molecule has 1 aromatic rings. The summed E-state index contributed by atoms with van der Waals surface area (Å²) in [4.78, 5) is 4.70. The third-order valence-corrected chi connectivity index (χ3v) is 4.39. The van der Waals surface area contributed by atoms with E-state index in [0.717, 1.165) is 26.2 Å². The minimum absolute atomic E-state index is 0.541. The van der Waals surface area contributed by atoms with Gasteiger partial charge in [0.2, 0.25) is 0 Å². The smallest absolute Gasteiger partial charge is 0.0481 e. The number of fused-ring (bicyclic) bond motifs is 1. The van der Waals surface area contributed by atoms with Crippen molar-refractivity contribution in [1.29, 1.82) is 0 Å². The van der Waals surface area contributed by atoms with Crippen molar-refractivity contribution in [1.82, 2.24) is 10.3 Å². The van der Waals surface area contributed by atoms with Gasteiger partial charge in [-0.3, -0.25) is 4.98 Å². The van der Waals surface area contributed by atoms with Gasteiger partial charge >= 0.3 is 0 Å². The molecular formula is C18H30N2O. The van der Waals surface area contributed by atoms with E-state index in [2.05, 4.69) is 31.3 Å². The lowest BCUT2D eigenvalue weighted by molar-refractivity contribution is 0.139. The van der Waals surface area contributed by atoms with Gasteiger partial charge in [-0.2, -0.15) is 0 Å². The van der Waals surface area contributed by atoms with Crippen molar-refractivity contribution in [2.45, 2.75) is 64.3 Å². The molecule has 0 spiro atoms. The number of hydrogen-bond acceptors (Lipinski definition) is 3. The van der Waals surface area contributed by atoms with E-state index in [1.165, 1.54) is 43.4 Å². The lowest BCUT2D eigenvalue weighted by Gasteiger charge is -2.32. The summed E-state index contributed by atoms with van der Waals surface area (Å²) >= 11 is 0. The van der Waals surface area contributed by atoms with Gasteiger partial charge in [-0.05, 0) is 63.6 Å². The average molecular weight is 290 g/mol. The van der Waals surface area contributed by atoms with Crippen molar-refractivity contribution < 1.29 is 4.74 Å². The standard InChI is InChI=1S/C18H30N2O/c1-3-12-19-17(11-7-14-21-4-2)16-10-5-8-15-9-6-13-20-18(15)16/h6,9,13,16-17,19H,3-5,7-8,10-12,14H2,1-2H3. The monoisotopic (exact) mass is 290 g/mol. The van der Waals surface area contributed by atoms with Gasteiger partial charge in [0.15, 0.2) is 0 Å². The maximum Gasteiger partial charge on any atom is 0.0481 e. The van der Waals surface area contributed by atoms with E-state index in [0.29, 0.717) is 12.0 Å². The summed E-state index contributed by atoms with van der Waals surface area (Å²) in [7, 11) is 0. The molecule has 1 aliphatic rings. The molecule has 0 saturated carbocycles. The normalized spacial score (nSPS) is 19.2. The largest absolute Gasteiger partial charge is 0.382 e. The zero-order valence-electron chi connectivity index (χ0n) is 13.6. The fraction of sp³-hybridized carbons (Fsp3) is 0.722. The number of rotatable bonds is 9. The second kappa shape index (κ2) is 9.16. The lowest BCUT2D eigenvalue weighted by atomic mass is 9.80. The number of nitrogens with zero attached hydrogens (tertiary/aromatic N) is 1. The summed E-state index contributed by atoms with van der Waals surface area (Å²) in [6.45, 7) is 7.09. The third kappa shape index (κ3) is 4.79. The first-order chi connectivity index (χ1) is 10.4. The molecule has 0 radical (unpaired) electrons. The number of hydrogen-bond donors (Lipinski definition) is 1. The van der Waals surface area contributed by atoms with Crippen molar-refractivity contribution in [3.8, 4) is 0 Å². The molecule has 0 saturated heterocycles. The zero-order valence-corrected chi connectivity index (χ0v) is 13.6. The zero-order chi connectivity index (χ0) is 14.9. The average Bonchev–Trinajstić information content (AvgIpc) is 2.54. The van der Waals surface area contributed by atoms with E-state index in [1.54, 1.807) is 0 Å². The molecule has 0 amide bonds. The van der Waals surface area contributed by atoms with Gasteiger partial charge in [-0.15, -0.1) is 0 Å². The van der Waals surface area contributed by atoms with Crippen LogP contribution in [0.3, 0.4) is 0 Å². The quantitative estimate of drug-likeness (QED) is 0.704. The van der Waals surface area contributed by atoms with Gasteiger partial charge < -0.3 is 10.1 Å². The summed E-state index contributed by atoms with van der Waals surface area (Å²) in [6.07, 6.45) is 9.20. The van der Waals surface area contributed by atoms with Crippen molar-refractivity contribution in [2.24, 2.45) is 0 Å². The van der Waals surface area contributed by atoms with E-state index in [1.807, 2.05) is 6.20 Å². The molecule has 3 nitrogen and oxygen atoms in total. The number of pyridine rings is 1. The summed E-state index contributed by atoms with van der Waals surface area (Å²) < 4.78 is 5.50. The van der Waals surface area contributed by atoms with Crippen LogP contribution < -0.4 is 5.32 Å². The van der Waals surface area contributed by atoms with Gasteiger partial charge in [0.05, 0.1) is 0 Å². The Kier molecular flexibility index (Phi) is 7.17. The molecule has 0 fully saturated rings. The summed E-state index contributed by atoms with van der Waals surface area (Å²) in [5, 5.41) is 3.76.